The normalized spacial score (nSPS) is 16.9. The van der Waals surface area contributed by atoms with Crippen molar-refractivity contribution in [2.24, 2.45) is 0 Å². The third kappa shape index (κ3) is 5.87. The van der Waals surface area contributed by atoms with Gasteiger partial charge in [-0.05, 0) is 49.2 Å². The number of alkyl halides is 3. The van der Waals surface area contributed by atoms with Gasteiger partial charge in [-0.15, -0.1) is 0 Å². The van der Waals surface area contributed by atoms with Gasteiger partial charge >= 0.3 is 6.18 Å². The van der Waals surface area contributed by atoms with Crippen molar-refractivity contribution in [2.45, 2.75) is 25.1 Å². The number of anilines is 1. The van der Waals surface area contributed by atoms with E-state index in [0.717, 1.165) is 43.4 Å². The van der Waals surface area contributed by atoms with Crippen molar-refractivity contribution < 1.29 is 35.5 Å². The Kier molecular flexibility index (Phi) is 6.44. The largest absolute Gasteiger partial charge is 0.491 e. The molecule has 0 bridgehead atoms. The van der Waals surface area contributed by atoms with Crippen LogP contribution in [0.2, 0.25) is 0 Å². The highest BCUT2D eigenvalue weighted by Gasteiger charge is 2.31. The molecule has 168 valence electrons. The van der Waals surface area contributed by atoms with E-state index >= 15 is 0 Å². The summed E-state index contributed by atoms with van der Waals surface area (Å²) in [5.74, 6) is -1.88. The van der Waals surface area contributed by atoms with Gasteiger partial charge in [0.15, 0.2) is 0 Å². The van der Waals surface area contributed by atoms with Crippen LogP contribution in [-0.2, 0) is 16.2 Å². The van der Waals surface area contributed by atoms with E-state index in [1.807, 2.05) is 4.90 Å². The quantitative estimate of drug-likeness (QED) is 0.667. The third-order valence-corrected chi connectivity index (χ3v) is 5.37. The molecule has 0 radical (unpaired) electrons. The Labute approximate surface area is 176 Å². The van der Waals surface area contributed by atoms with Crippen LogP contribution in [0, 0.1) is 5.82 Å². The number of sulfonamides is 1. The zero-order valence-corrected chi connectivity index (χ0v) is 17.3. The Bertz CT molecular complexity index is 1060. The summed E-state index contributed by atoms with van der Waals surface area (Å²) in [6.45, 7) is 0.813. The minimum absolute atomic E-state index is 0.118. The van der Waals surface area contributed by atoms with Crippen LogP contribution >= 0.6 is 0 Å². The average Bonchev–Trinajstić information content (AvgIpc) is 3.13. The standard InChI is InChI=1S/C20H20F4N2O4S/c1-31(28,29)25-19(27)17-9-8-16(11-18(17)21)30-12-15-3-2-10-26(15)14-6-4-13(5-7-14)20(22,23)24/h4-9,11,15H,2-3,10,12H2,1H3,(H,25,27)/t15-/m1/s1. The van der Waals surface area contributed by atoms with Crippen LogP contribution in [-0.4, -0.2) is 39.8 Å². The number of rotatable bonds is 6. The fraction of sp³-hybridized carbons (Fsp3) is 0.350. The third-order valence-electron chi connectivity index (χ3n) is 4.81. The van der Waals surface area contributed by atoms with E-state index in [1.54, 1.807) is 4.72 Å². The van der Waals surface area contributed by atoms with Gasteiger partial charge in [-0.2, -0.15) is 13.2 Å². The van der Waals surface area contributed by atoms with Crippen molar-refractivity contribution >= 4 is 21.6 Å². The zero-order chi connectivity index (χ0) is 22.8. The Hall–Kier alpha value is -2.82. The Morgan fingerprint density at radius 1 is 1.19 bits per heavy atom. The average molecular weight is 460 g/mol. The maximum atomic E-state index is 14.2. The Morgan fingerprint density at radius 3 is 2.45 bits per heavy atom. The van der Waals surface area contributed by atoms with Gasteiger partial charge in [0, 0.05) is 18.3 Å². The lowest BCUT2D eigenvalue weighted by Gasteiger charge is -2.27. The molecule has 31 heavy (non-hydrogen) atoms. The molecule has 1 amide bonds. The van der Waals surface area contributed by atoms with Crippen LogP contribution in [0.15, 0.2) is 42.5 Å². The molecular formula is C20H20F4N2O4S. The summed E-state index contributed by atoms with van der Waals surface area (Å²) in [7, 11) is -3.83. The zero-order valence-electron chi connectivity index (χ0n) is 16.4. The molecule has 0 aliphatic carbocycles. The molecule has 1 aliphatic rings. The summed E-state index contributed by atoms with van der Waals surface area (Å²) in [4.78, 5) is 13.7. The summed E-state index contributed by atoms with van der Waals surface area (Å²) in [5.41, 5.74) is -0.526. The lowest BCUT2D eigenvalue weighted by atomic mass is 10.1. The summed E-state index contributed by atoms with van der Waals surface area (Å²) >= 11 is 0. The maximum Gasteiger partial charge on any atom is 0.416 e. The molecule has 1 aliphatic heterocycles. The minimum atomic E-state index is -4.40. The lowest BCUT2D eigenvalue weighted by molar-refractivity contribution is -0.137. The molecule has 2 aromatic carbocycles. The molecule has 0 saturated carbocycles. The number of carbonyl (C=O) groups excluding carboxylic acids is 1. The van der Waals surface area contributed by atoms with Gasteiger partial charge in [0.2, 0.25) is 10.0 Å². The van der Waals surface area contributed by atoms with Crippen molar-refractivity contribution in [1.29, 1.82) is 0 Å². The minimum Gasteiger partial charge on any atom is -0.491 e. The van der Waals surface area contributed by atoms with Crippen LogP contribution in [0.1, 0.15) is 28.8 Å². The van der Waals surface area contributed by atoms with Crippen molar-refractivity contribution in [2.75, 3.05) is 24.3 Å². The predicted molar refractivity (Wildman–Crippen MR) is 106 cm³/mol. The molecule has 1 atom stereocenters. The number of benzene rings is 2. The second-order valence-corrected chi connectivity index (χ2v) is 8.94. The van der Waals surface area contributed by atoms with Crippen molar-refractivity contribution in [3.05, 3.63) is 59.4 Å². The molecule has 1 heterocycles. The summed E-state index contributed by atoms with van der Waals surface area (Å²) in [5, 5.41) is 0. The SMILES string of the molecule is CS(=O)(=O)NC(=O)c1ccc(OC[C@H]2CCCN2c2ccc(C(F)(F)F)cc2)cc1F. The van der Waals surface area contributed by atoms with Crippen LogP contribution in [0.4, 0.5) is 23.2 Å². The van der Waals surface area contributed by atoms with Crippen LogP contribution in [0.25, 0.3) is 0 Å². The van der Waals surface area contributed by atoms with Crippen LogP contribution in [0.3, 0.4) is 0 Å². The van der Waals surface area contributed by atoms with Gasteiger partial charge in [0.25, 0.3) is 5.91 Å². The molecule has 6 nitrogen and oxygen atoms in total. The summed E-state index contributed by atoms with van der Waals surface area (Å²) < 4.78 is 82.0. The maximum absolute atomic E-state index is 14.2. The molecule has 0 spiro atoms. The molecule has 0 aromatic heterocycles. The van der Waals surface area contributed by atoms with E-state index in [1.165, 1.54) is 18.2 Å². The van der Waals surface area contributed by atoms with Gasteiger partial charge in [-0.3, -0.25) is 4.79 Å². The first-order chi connectivity index (χ1) is 14.4. The number of amides is 1. The first-order valence-corrected chi connectivity index (χ1v) is 11.2. The van der Waals surface area contributed by atoms with Gasteiger partial charge in [0.1, 0.15) is 18.2 Å². The highest BCUT2D eigenvalue weighted by atomic mass is 32.2. The topological polar surface area (TPSA) is 75.7 Å². The number of ether oxygens (including phenoxy) is 1. The highest BCUT2D eigenvalue weighted by Crippen LogP contribution is 2.32. The van der Waals surface area contributed by atoms with Gasteiger partial charge in [-0.1, -0.05) is 0 Å². The van der Waals surface area contributed by atoms with Gasteiger partial charge < -0.3 is 9.64 Å². The molecule has 1 fully saturated rings. The second-order valence-electron chi connectivity index (χ2n) is 7.19. The number of nitrogens with one attached hydrogen (secondary N) is 1. The summed E-state index contributed by atoms with van der Waals surface area (Å²) in [6.07, 6.45) is -2.04. The molecule has 1 N–H and O–H groups in total. The smallest absolute Gasteiger partial charge is 0.416 e. The second kappa shape index (κ2) is 8.74. The van der Waals surface area contributed by atoms with E-state index in [2.05, 4.69) is 0 Å². The predicted octanol–water partition coefficient (Wildman–Crippen LogP) is 3.58. The Balaban J connectivity index is 1.65. The fourth-order valence-electron chi connectivity index (χ4n) is 3.38. The Morgan fingerprint density at radius 2 is 1.87 bits per heavy atom. The van der Waals surface area contributed by atoms with E-state index in [-0.39, 0.29) is 18.4 Å². The molecule has 3 rings (SSSR count). The van der Waals surface area contributed by atoms with Crippen molar-refractivity contribution in [1.82, 2.24) is 4.72 Å². The monoisotopic (exact) mass is 460 g/mol. The van der Waals surface area contributed by atoms with Crippen LogP contribution in [0.5, 0.6) is 5.75 Å². The first kappa shape index (κ1) is 22.9. The van der Waals surface area contributed by atoms with E-state index in [9.17, 15) is 30.8 Å². The lowest BCUT2D eigenvalue weighted by Crippen LogP contribution is -2.34. The molecule has 0 unspecified atom stereocenters. The number of hydrogen-bond acceptors (Lipinski definition) is 5. The van der Waals surface area contributed by atoms with E-state index in [0.29, 0.717) is 12.2 Å². The van der Waals surface area contributed by atoms with Gasteiger partial charge in [0.05, 0.1) is 23.4 Å². The first-order valence-electron chi connectivity index (χ1n) is 9.32. The van der Waals surface area contributed by atoms with Crippen LogP contribution < -0.4 is 14.4 Å². The fourth-order valence-corrected chi connectivity index (χ4v) is 3.82. The number of nitrogens with zero attached hydrogens (tertiary/aromatic N) is 1. The highest BCUT2D eigenvalue weighted by molar-refractivity contribution is 7.89. The van der Waals surface area contributed by atoms with Crippen molar-refractivity contribution in [3.63, 3.8) is 0 Å². The molecule has 2 aromatic rings. The van der Waals surface area contributed by atoms with Crippen molar-refractivity contribution in [3.8, 4) is 5.75 Å². The molecule has 11 heteroatoms. The van der Waals surface area contributed by atoms with E-state index < -0.39 is 39.1 Å². The number of carbonyl (C=O) groups is 1. The number of hydrogen-bond donors (Lipinski definition) is 1. The summed E-state index contributed by atoms with van der Waals surface area (Å²) in [6, 6.07) is 8.21. The molecular weight excluding hydrogens is 440 g/mol. The molecule has 1 saturated heterocycles. The van der Waals surface area contributed by atoms with E-state index in [4.69, 9.17) is 4.74 Å². The number of halogens is 4. The van der Waals surface area contributed by atoms with Gasteiger partial charge in [-0.25, -0.2) is 17.5 Å².